The van der Waals surface area contributed by atoms with Gasteiger partial charge in [0.25, 0.3) is 5.52 Å². The summed E-state index contributed by atoms with van der Waals surface area (Å²) in [5.74, 6) is 0. The van der Waals surface area contributed by atoms with Gasteiger partial charge in [0.2, 0.25) is 11.3 Å². The van der Waals surface area contributed by atoms with Gasteiger partial charge in [-0.05, 0) is 44.0 Å². The Bertz CT molecular complexity index is 807. The third-order valence-corrected chi connectivity index (χ3v) is 3.89. The highest BCUT2D eigenvalue weighted by atomic mass is 15.0. The van der Waals surface area contributed by atoms with Gasteiger partial charge in [0.05, 0.1) is 5.56 Å². The second-order valence-electron chi connectivity index (χ2n) is 5.30. The van der Waals surface area contributed by atoms with E-state index in [1.807, 2.05) is 12.3 Å². The molecular weight excluding hydrogens is 246 g/mol. The van der Waals surface area contributed by atoms with Crippen molar-refractivity contribution in [1.29, 1.82) is 0 Å². The van der Waals surface area contributed by atoms with Gasteiger partial charge in [0.1, 0.15) is 13.2 Å². The summed E-state index contributed by atoms with van der Waals surface area (Å²) in [6, 6.07) is 8.44. The van der Waals surface area contributed by atoms with Crippen molar-refractivity contribution in [2.75, 3.05) is 0 Å². The summed E-state index contributed by atoms with van der Waals surface area (Å²) in [5.41, 5.74) is 8.07. The minimum Gasteiger partial charge on any atom is -0.231 e. The molecule has 20 heavy (non-hydrogen) atoms. The first-order valence-electron chi connectivity index (χ1n) is 6.76. The highest BCUT2D eigenvalue weighted by Gasteiger charge is 2.18. The van der Waals surface area contributed by atoms with Gasteiger partial charge in [-0.1, -0.05) is 11.6 Å². The normalized spacial score (nSPS) is 11.0. The van der Waals surface area contributed by atoms with Crippen molar-refractivity contribution in [2.45, 2.75) is 20.8 Å². The third kappa shape index (κ3) is 1.95. The van der Waals surface area contributed by atoms with Crippen molar-refractivity contribution < 1.29 is 4.57 Å². The van der Waals surface area contributed by atoms with E-state index in [9.17, 15) is 0 Å². The second kappa shape index (κ2) is 4.67. The molecule has 0 amide bonds. The van der Waals surface area contributed by atoms with Crippen LogP contribution in [-0.2, 0) is 7.05 Å². The number of hydrogen-bond acceptors (Lipinski definition) is 2. The molecule has 0 fully saturated rings. The van der Waals surface area contributed by atoms with Crippen molar-refractivity contribution >= 4 is 11.2 Å². The first-order valence-corrected chi connectivity index (χ1v) is 6.76. The van der Waals surface area contributed by atoms with E-state index < -0.39 is 0 Å². The van der Waals surface area contributed by atoms with E-state index in [1.54, 1.807) is 6.20 Å². The average molecular weight is 264 g/mol. The molecule has 0 spiro atoms. The maximum absolute atomic E-state index is 4.49. The number of rotatable bonds is 1. The Balaban J connectivity index is 2.33. The zero-order valence-electron chi connectivity index (χ0n) is 12.3. The number of aryl methyl sites for hydroxylation is 3. The zero-order valence-corrected chi connectivity index (χ0v) is 12.3. The standard InChI is InChI=1S/C17H18N3/c1-11-8-12(2)13(3)14(9-11)16-10-19-17-15(20(16)4)6-5-7-18-17/h5-10H,1-4H3/q+1. The topological polar surface area (TPSA) is 29.7 Å². The Morgan fingerprint density at radius 2 is 1.85 bits per heavy atom. The number of pyridine rings is 1. The van der Waals surface area contributed by atoms with Crippen molar-refractivity contribution in [2.24, 2.45) is 7.05 Å². The molecular formula is C17H18N3+. The largest absolute Gasteiger partial charge is 0.250 e. The van der Waals surface area contributed by atoms with Crippen molar-refractivity contribution in [3.8, 4) is 11.3 Å². The van der Waals surface area contributed by atoms with E-state index in [4.69, 9.17) is 0 Å². The van der Waals surface area contributed by atoms with Crippen LogP contribution in [0.5, 0.6) is 0 Å². The molecule has 0 radical (unpaired) electrons. The molecule has 0 N–H and O–H groups in total. The molecule has 100 valence electrons. The van der Waals surface area contributed by atoms with Crippen LogP contribution in [-0.4, -0.2) is 9.97 Å². The van der Waals surface area contributed by atoms with Crippen LogP contribution < -0.4 is 4.57 Å². The fraction of sp³-hybridized carbons (Fsp3) is 0.235. The lowest BCUT2D eigenvalue weighted by Gasteiger charge is -2.09. The molecule has 0 saturated heterocycles. The van der Waals surface area contributed by atoms with Gasteiger partial charge in [-0.15, -0.1) is 0 Å². The van der Waals surface area contributed by atoms with E-state index in [-0.39, 0.29) is 0 Å². The lowest BCUT2D eigenvalue weighted by atomic mass is 9.98. The zero-order chi connectivity index (χ0) is 14.3. The first kappa shape index (κ1) is 12.7. The quantitative estimate of drug-likeness (QED) is 0.632. The molecule has 2 aromatic heterocycles. The predicted octanol–water partition coefficient (Wildman–Crippen LogP) is 3.05. The molecule has 0 atom stereocenters. The van der Waals surface area contributed by atoms with Crippen molar-refractivity contribution in [1.82, 2.24) is 9.97 Å². The van der Waals surface area contributed by atoms with Gasteiger partial charge in [0.15, 0.2) is 0 Å². The Kier molecular flexibility index (Phi) is 2.97. The van der Waals surface area contributed by atoms with Gasteiger partial charge in [-0.3, -0.25) is 0 Å². The third-order valence-electron chi connectivity index (χ3n) is 3.89. The fourth-order valence-corrected chi connectivity index (χ4v) is 2.64. The number of benzene rings is 1. The maximum Gasteiger partial charge on any atom is 0.250 e. The molecule has 3 aromatic rings. The molecule has 2 heterocycles. The predicted molar refractivity (Wildman–Crippen MR) is 80.4 cm³/mol. The van der Waals surface area contributed by atoms with Crippen LogP contribution in [0.25, 0.3) is 22.4 Å². The Labute approximate surface area is 118 Å². The van der Waals surface area contributed by atoms with Gasteiger partial charge in [-0.2, -0.15) is 4.57 Å². The Hall–Kier alpha value is -2.29. The highest BCUT2D eigenvalue weighted by molar-refractivity contribution is 5.70. The summed E-state index contributed by atoms with van der Waals surface area (Å²) in [6.07, 6.45) is 3.69. The van der Waals surface area contributed by atoms with Gasteiger partial charge >= 0.3 is 0 Å². The average Bonchev–Trinajstić information content (AvgIpc) is 2.44. The monoisotopic (exact) mass is 264 g/mol. The molecule has 0 aliphatic carbocycles. The van der Waals surface area contributed by atoms with E-state index in [0.29, 0.717) is 0 Å². The molecule has 3 rings (SSSR count). The minimum atomic E-state index is 0.778. The fourth-order valence-electron chi connectivity index (χ4n) is 2.64. The minimum absolute atomic E-state index is 0.778. The van der Waals surface area contributed by atoms with Crippen LogP contribution in [0.4, 0.5) is 0 Å². The second-order valence-corrected chi connectivity index (χ2v) is 5.30. The summed E-state index contributed by atoms with van der Waals surface area (Å²) in [7, 11) is 2.07. The number of aromatic nitrogens is 3. The molecule has 0 saturated carbocycles. The summed E-state index contributed by atoms with van der Waals surface area (Å²) in [5, 5.41) is 0. The molecule has 0 aliphatic heterocycles. The molecule has 3 nitrogen and oxygen atoms in total. The van der Waals surface area contributed by atoms with Gasteiger partial charge in [-0.25, -0.2) is 9.97 Å². The first-order chi connectivity index (χ1) is 9.58. The van der Waals surface area contributed by atoms with E-state index in [1.165, 1.54) is 22.3 Å². The summed E-state index contributed by atoms with van der Waals surface area (Å²) < 4.78 is 2.16. The van der Waals surface area contributed by atoms with Crippen LogP contribution in [0.15, 0.2) is 36.7 Å². The number of hydrogen-bond donors (Lipinski definition) is 0. The summed E-state index contributed by atoms with van der Waals surface area (Å²) in [6.45, 7) is 6.45. The SMILES string of the molecule is Cc1cc(C)c(C)c(-c2cnc3ncccc3[n+]2C)c1. The van der Waals surface area contributed by atoms with Crippen molar-refractivity contribution in [3.05, 3.63) is 53.3 Å². The molecule has 3 heteroatoms. The van der Waals surface area contributed by atoms with Crippen LogP contribution >= 0.6 is 0 Å². The lowest BCUT2D eigenvalue weighted by molar-refractivity contribution is -0.634. The summed E-state index contributed by atoms with van der Waals surface area (Å²) >= 11 is 0. The maximum atomic E-state index is 4.49. The van der Waals surface area contributed by atoms with Crippen LogP contribution in [0.3, 0.4) is 0 Å². The van der Waals surface area contributed by atoms with E-state index >= 15 is 0 Å². The number of nitrogens with zero attached hydrogens (tertiary/aromatic N) is 3. The van der Waals surface area contributed by atoms with Crippen molar-refractivity contribution in [3.63, 3.8) is 0 Å². The van der Waals surface area contributed by atoms with Gasteiger partial charge in [0, 0.05) is 12.3 Å². The molecule has 1 aromatic carbocycles. The highest BCUT2D eigenvalue weighted by Crippen LogP contribution is 2.25. The Morgan fingerprint density at radius 1 is 1.05 bits per heavy atom. The van der Waals surface area contributed by atoms with Gasteiger partial charge < -0.3 is 0 Å². The smallest absolute Gasteiger partial charge is 0.231 e. The van der Waals surface area contributed by atoms with E-state index in [0.717, 1.165) is 16.9 Å². The lowest BCUT2D eigenvalue weighted by Crippen LogP contribution is -2.33. The van der Waals surface area contributed by atoms with E-state index in [2.05, 4.69) is 60.6 Å². The van der Waals surface area contributed by atoms with Crippen LogP contribution in [0, 0.1) is 20.8 Å². The van der Waals surface area contributed by atoms with Crippen LogP contribution in [0.2, 0.25) is 0 Å². The Morgan fingerprint density at radius 3 is 2.65 bits per heavy atom. The molecule has 0 bridgehead atoms. The summed E-state index contributed by atoms with van der Waals surface area (Å²) in [4.78, 5) is 8.79. The molecule has 0 aliphatic rings. The number of fused-ring (bicyclic) bond motifs is 1. The molecule has 0 unspecified atom stereocenters. The van der Waals surface area contributed by atoms with Crippen LogP contribution in [0.1, 0.15) is 16.7 Å².